The molecule has 0 spiro atoms. The van der Waals surface area contributed by atoms with Crippen molar-refractivity contribution in [2.75, 3.05) is 14.2 Å². The van der Waals surface area contributed by atoms with Crippen molar-refractivity contribution < 1.29 is 19.1 Å². The molecule has 0 radical (unpaired) electrons. The quantitative estimate of drug-likeness (QED) is 0.223. The van der Waals surface area contributed by atoms with Crippen molar-refractivity contribution in [1.29, 1.82) is 0 Å². The molecule has 4 aromatic rings. The molecule has 0 aliphatic carbocycles. The van der Waals surface area contributed by atoms with E-state index in [4.69, 9.17) is 9.47 Å². The minimum atomic E-state index is -3.39. The van der Waals surface area contributed by atoms with Crippen LogP contribution >= 0.6 is 20.8 Å². The van der Waals surface area contributed by atoms with Gasteiger partial charge in [-0.3, -0.25) is 0 Å². The third-order valence-electron chi connectivity index (χ3n) is 6.28. The van der Waals surface area contributed by atoms with Crippen LogP contribution in [0.2, 0.25) is 0 Å². The molecule has 0 aromatic heterocycles. The summed E-state index contributed by atoms with van der Waals surface area (Å²) < 4.78 is 10.1. The number of carbonyl (C=O) groups is 2. The van der Waals surface area contributed by atoms with Gasteiger partial charge in [-0.25, -0.2) is 0 Å². The second-order valence-corrected chi connectivity index (χ2v) is 17.1. The molecular weight excluding hydrogens is 523 g/mol. The molecule has 0 N–H and O–H groups in total. The van der Waals surface area contributed by atoms with E-state index in [0.29, 0.717) is 22.9 Å². The van der Waals surface area contributed by atoms with Gasteiger partial charge in [-0.1, -0.05) is 0 Å². The van der Waals surface area contributed by atoms with Gasteiger partial charge in [0.2, 0.25) is 0 Å². The minimum absolute atomic E-state index is 0.377. The number of hydrogen-bond acceptors (Lipinski definition) is 4. The SMILES string of the molecule is COC(=O)c1ccc(C(=O)OC)c(CP(Br)(c2ccccc2)(c2ccccc2)c2ccccc2)c1. The first-order chi connectivity index (χ1) is 16.9. The number of hydrogen-bond donors (Lipinski definition) is 0. The van der Waals surface area contributed by atoms with Gasteiger partial charge in [0.1, 0.15) is 0 Å². The van der Waals surface area contributed by atoms with Crippen LogP contribution in [-0.2, 0) is 15.6 Å². The predicted molar refractivity (Wildman–Crippen MR) is 147 cm³/mol. The van der Waals surface area contributed by atoms with E-state index in [1.807, 2.05) is 54.6 Å². The molecular formula is C29H26BrO4P. The van der Waals surface area contributed by atoms with E-state index in [-0.39, 0.29) is 0 Å². The molecule has 4 aromatic carbocycles. The van der Waals surface area contributed by atoms with Gasteiger partial charge in [0, 0.05) is 0 Å². The number of carbonyl (C=O) groups excluding carboxylic acids is 2. The second-order valence-electron chi connectivity index (χ2n) is 8.20. The van der Waals surface area contributed by atoms with Crippen LogP contribution < -0.4 is 15.9 Å². The van der Waals surface area contributed by atoms with Crippen molar-refractivity contribution in [3.05, 3.63) is 126 Å². The molecule has 178 valence electrons. The summed E-state index contributed by atoms with van der Waals surface area (Å²) in [6, 6.07) is 35.8. The Morgan fingerprint density at radius 2 is 1.09 bits per heavy atom. The van der Waals surface area contributed by atoms with Gasteiger partial charge in [0.15, 0.2) is 0 Å². The first kappa shape index (κ1) is 24.8. The van der Waals surface area contributed by atoms with Gasteiger partial charge >= 0.3 is 214 Å². The molecule has 0 bridgehead atoms. The topological polar surface area (TPSA) is 52.6 Å². The van der Waals surface area contributed by atoms with Crippen LogP contribution in [0.15, 0.2) is 109 Å². The Kier molecular flexibility index (Phi) is 7.20. The van der Waals surface area contributed by atoms with Crippen molar-refractivity contribution in [2.45, 2.75) is 6.16 Å². The standard InChI is InChI=1S/C29H26BrO4P/c1-33-28(31)22-18-19-27(29(32)34-2)23(20-22)21-35(30,24-12-6-3-7-13-24,25-14-8-4-9-15-25)26-16-10-5-11-17-26/h3-20H,21H2,1-2H3. The van der Waals surface area contributed by atoms with Crippen molar-refractivity contribution in [3.8, 4) is 0 Å². The van der Waals surface area contributed by atoms with Gasteiger partial charge in [0.25, 0.3) is 0 Å². The molecule has 0 atom stereocenters. The second kappa shape index (κ2) is 10.2. The molecule has 0 amide bonds. The zero-order valence-corrected chi connectivity index (χ0v) is 22.0. The third-order valence-corrected chi connectivity index (χ3v) is 15.8. The summed E-state index contributed by atoms with van der Waals surface area (Å²) in [6.45, 7) is 0. The van der Waals surface area contributed by atoms with E-state index >= 15 is 0 Å². The molecule has 4 rings (SSSR count). The molecule has 0 heterocycles. The van der Waals surface area contributed by atoms with E-state index < -0.39 is 17.2 Å². The molecule has 0 saturated heterocycles. The summed E-state index contributed by atoms with van der Waals surface area (Å²) in [5.74, 6) is -0.917. The van der Waals surface area contributed by atoms with Crippen molar-refractivity contribution in [2.24, 2.45) is 0 Å². The Morgan fingerprint density at radius 3 is 1.49 bits per heavy atom. The molecule has 35 heavy (non-hydrogen) atoms. The van der Waals surface area contributed by atoms with Gasteiger partial charge in [0.05, 0.1) is 0 Å². The predicted octanol–water partition coefficient (Wildman–Crippen LogP) is 5.60. The Bertz CT molecular complexity index is 1240. The van der Waals surface area contributed by atoms with Crippen LogP contribution in [0.25, 0.3) is 0 Å². The Hall–Kier alpha value is -3.27. The summed E-state index contributed by atoms with van der Waals surface area (Å²) in [4.78, 5) is 25.3. The fraction of sp³-hybridized carbons (Fsp3) is 0.103. The number of ether oxygens (including phenoxy) is 2. The number of halogens is 1. The first-order valence-corrected chi connectivity index (χ1v) is 15.6. The van der Waals surface area contributed by atoms with Crippen molar-refractivity contribution >= 4 is 48.6 Å². The van der Waals surface area contributed by atoms with Crippen LogP contribution in [0.4, 0.5) is 0 Å². The van der Waals surface area contributed by atoms with Crippen LogP contribution in [0, 0.1) is 0 Å². The van der Waals surface area contributed by atoms with Gasteiger partial charge in [-0.05, 0) is 0 Å². The summed E-state index contributed by atoms with van der Waals surface area (Å²) in [5, 5.41) is -0.0742. The van der Waals surface area contributed by atoms with Crippen molar-refractivity contribution in [1.82, 2.24) is 0 Å². The maximum atomic E-state index is 12.8. The Labute approximate surface area is 213 Å². The van der Waals surface area contributed by atoms with E-state index in [0.717, 1.165) is 15.9 Å². The Morgan fingerprint density at radius 1 is 0.657 bits per heavy atom. The normalized spacial score (nSPS) is 12.3. The molecule has 0 aliphatic heterocycles. The number of esters is 2. The van der Waals surface area contributed by atoms with Gasteiger partial charge in [-0.2, -0.15) is 0 Å². The molecule has 0 aliphatic rings. The average molecular weight is 549 g/mol. The average Bonchev–Trinajstić information content (AvgIpc) is 2.93. The number of methoxy groups -OCH3 is 2. The summed E-state index contributed by atoms with van der Waals surface area (Å²) >= 11 is 4.40. The van der Waals surface area contributed by atoms with Crippen molar-refractivity contribution in [3.63, 3.8) is 0 Å². The summed E-state index contributed by atoms with van der Waals surface area (Å²) in [5.41, 5.74) is 1.49. The molecule has 0 unspecified atom stereocenters. The zero-order chi connectivity index (χ0) is 24.9. The number of benzene rings is 4. The maximum absolute atomic E-state index is 12.8. The van der Waals surface area contributed by atoms with Crippen LogP contribution in [-0.4, -0.2) is 26.2 Å². The Balaban J connectivity index is 2.11. The molecule has 0 fully saturated rings. The van der Waals surface area contributed by atoms with E-state index in [9.17, 15) is 9.59 Å². The van der Waals surface area contributed by atoms with Crippen LogP contribution in [0.1, 0.15) is 26.3 Å². The molecule has 6 heteroatoms. The zero-order valence-electron chi connectivity index (χ0n) is 19.6. The van der Waals surface area contributed by atoms with Crippen LogP contribution in [0.5, 0.6) is 0 Å². The van der Waals surface area contributed by atoms with Gasteiger partial charge < -0.3 is 0 Å². The van der Waals surface area contributed by atoms with E-state index in [1.165, 1.54) is 14.2 Å². The summed E-state index contributed by atoms with van der Waals surface area (Å²) in [6.07, 6.45) is 0.443. The summed E-state index contributed by atoms with van der Waals surface area (Å²) in [7, 11) is 2.71. The van der Waals surface area contributed by atoms with E-state index in [2.05, 4.69) is 51.9 Å². The van der Waals surface area contributed by atoms with E-state index in [1.54, 1.807) is 18.2 Å². The fourth-order valence-corrected chi connectivity index (χ4v) is 12.2. The van der Waals surface area contributed by atoms with Crippen LogP contribution in [0.3, 0.4) is 0 Å². The third kappa shape index (κ3) is 4.42. The fourth-order valence-electron chi connectivity index (χ4n) is 4.54. The monoisotopic (exact) mass is 548 g/mol. The molecule has 0 saturated carbocycles. The van der Waals surface area contributed by atoms with Gasteiger partial charge in [-0.15, -0.1) is 0 Å². The molecule has 4 nitrogen and oxygen atoms in total. The first-order valence-electron chi connectivity index (χ1n) is 11.1. The number of rotatable bonds is 7.